The second-order valence-electron chi connectivity index (χ2n) is 6.20. The van der Waals surface area contributed by atoms with Crippen LogP contribution in [0.2, 0.25) is 0 Å². The molecule has 0 bridgehead atoms. The molecule has 2 rings (SSSR count). The van der Waals surface area contributed by atoms with Crippen molar-refractivity contribution in [1.29, 1.82) is 0 Å². The first kappa shape index (κ1) is 15.3. The lowest BCUT2D eigenvalue weighted by molar-refractivity contribution is -0.144. The highest BCUT2D eigenvalue weighted by atomic mass is 16.2. The van der Waals surface area contributed by atoms with E-state index < -0.39 is 5.54 Å². The predicted octanol–water partition coefficient (Wildman–Crippen LogP) is 1.04. The van der Waals surface area contributed by atoms with Gasteiger partial charge in [0.05, 0.1) is 0 Å². The van der Waals surface area contributed by atoms with Crippen molar-refractivity contribution in [2.75, 3.05) is 20.1 Å². The number of hydrogen-bond donors (Lipinski definition) is 2. The summed E-state index contributed by atoms with van der Waals surface area (Å²) in [6, 6.07) is 0.380. The van der Waals surface area contributed by atoms with Crippen LogP contribution in [0.1, 0.15) is 51.9 Å². The molecule has 1 aliphatic heterocycles. The van der Waals surface area contributed by atoms with E-state index in [9.17, 15) is 9.59 Å². The Hall–Kier alpha value is -1.10. The largest absolute Gasteiger partial charge is 0.342 e. The molecular formula is C15H27N3O2. The number of piperidine rings is 1. The summed E-state index contributed by atoms with van der Waals surface area (Å²) in [6.07, 6.45) is 6.93. The Morgan fingerprint density at radius 3 is 2.45 bits per heavy atom. The van der Waals surface area contributed by atoms with Gasteiger partial charge in [0, 0.05) is 26.1 Å². The highest BCUT2D eigenvalue weighted by Gasteiger charge is 2.43. The molecule has 0 aromatic carbocycles. The summed E-state index contributed by atoms with van der Waals surface area (Å²) in [7, 11) is 1.95. The van der Waals surface area contributed by atoms with E-state index in [2.05, 4.69) is 10.6 Å². The Morgan fingerprint density at radius 2 is 1.85 bits per heavy atom. The number of nitrogens with zero attached hydrogens (tertiary/aromatic N) is 1. The van der Waals surface area contributed by atoms with Crippen molar-refractivity contribution in [1.82, 2.24) is 15.5 Å². The van der Waals surface area contributed by atoms with Crippen LogP contribution >= 0.6 is 0 Å². The van der Waals surface area contributed by atoms with Gasteiger partial charge in [-0.05, 0) is 32.7 Å². The van der Waals surface area contributed by atoms with E-state index in [-0.39, 0.29) is 11.8 Å². The Morgan fingerprint density at radius 1 is 1.15 bits per heavy atom. The summed E-state index contributed by atoms with van der Waals surface area (Å²) in [6.45, 7) is 3.09. The Labute approximate surface area is 121 Å². The molecule has 2 N–H and O–H groups in total. The van der Waals surface area contributed by atoms with Gasteiger partial charge in [0.1, 0.15) is 5.54 Å². The number of carbonyl (C=O) groups excluding carboxylic acids is 2. The van der Waals surface area contributed by atoms with E-state index in [1.165, 1.54) is 6.92 Å². The van der Waals surface area contributed by atoms with Gasteiger partial charge >= 0.3 is 0 Å². The summed E-state index contributed by atoms with van der Waals surface area (Å²) < 4.78 is 0. The zero-order valence-corrected chi connectivity index (χ0v) is 12.7. The van der Waals surface area contributed by atoms with E-state index in [0.29, 0.717) is 6.04 Å². The Bertz CT molecular complexity index is 364. The van der Waals surface area contributed by atoms with Gasteiger partial charge in [-0.1, -0.05) is 19.3 Å². The van der Waals surface area contributed by atoms with Crippen molar-refractivity contribution >= 4 is 11.8 Å². The normalized spacial score (nSPS) is 26.1. The summed E-state index contributed by atoms with van der Waals surface area (Å²) >= 11 is 0. The minimum absolute atomic E-state index is 0.0950. The fraction of sp³-hybridized carbons (Fsp3) is 0.867. The number of amides is 2. The molecule has 0 radical (unpaired) electrons. The first-order chi connectivity index (χ1) is 9.57. The number of likely N-dealkylation sites (tertiary alicyclic amines) is 1. The van der Waals surface area contributed by atoms with E-state index in [4.69, 9.17) is 0 Å². The van der Waals surface area contributed by atoms with Gasteiger partial charge in [-0.25, -0.2) is 0 Å². The van der Waals surface area contributed by atoms with E-state index in [1.54, 1.807) is 0 Å². The van der Waals surface area contributed by atoms with Gasteiger partial charge in [0.15, 0.2) is 0 Å². The molecular weight excluding hydrogens is 254 g/mol. The van der Waals surface area contributed by atoms with E-state index >= 15 is 0 Å². The first-order valence-corrected chi connectivity index (χ1v) is 7.83. The van der Waals surface area contributed by atoms with Gasteiger partial charge < -0.3 is 15.5 Å². The quantitative estimate of drug-likeness (QED) is 0.812. The molecule has 1 aliphatic carbocycles. The van der Waals surface area contributed by atoms with Crippen LogP contribution in [0.25, 0.3) is 0 Å². The summed E-state index contributed by atoms with van der Waals surface area (Å²) in [5, 5.41) is 6.24. The monoisotopic (exact) mass is 281 g/mol. The number of nitrogens with one attached hydrogen (secondary N) is 2. The van der Waals surface area contributed by atoms with Gasteiger partial charge in [0.2, 0.25) is 11.8 Å². The molecule has 1 unspecified atom stereocenters. The zero-order chi connectivity index (χ0) is 14.6. The number of likely N-dealkylation sites (N-methyl/N-ethyl adjacent to an activating group) is 1. The molecule has 2 amide bonds. The molecule has 1 saturated heterocycles. The van der Waals surface area contributed by atoms with Crippen molar-refractivity contribution < 1.29 is 9.59 Å². The molecule has 1 heterocycles. The third-order valence-corrected chi connectivity index (χ3v) is 4.65. The van der Waals surface area contributed by atoms with Crippen LogP contribution in [-0.2, 0) is 9.59 Å². The van der Waals surface area contributed by atoms with Crippen molar-refractivity contribution in [3.63, 3.8) is 0 Å². The molecule has 0 aromatic rings. The lowest BCUT2D eigenvalue weighted by Crippen LogP contribution is -2.62. The zero-order valence-electron chi connectivity index (χ0n) is 12.7. The van der Waals surface area contributed by atoms with Crippen LogP contribution in [0.5, 0.6) is 0 Å². The van der Waals surface area contributed by atoms with Crippen molar-refractivity contribution in [2.24, 2.45) is 0 Å². The highest BCUT2D eigenvalue weighted by Crippen LogP contribution is 2.31. The topological polar surface area (TPSA) is 61.4 Å². The van der Waals surface area contributed by atoms with Gasteiger partial charge in [-0.15, -0.1) is 0 Å². The van der Waals surface area contributed by atoms with Crippen LogP contribution in [0.4, 0.5) is 0 Å². The minimum atomic E-state index is -0.639. The van der Waals surface area contributed by atoms with Gasteiger partial charge in [-0.3, -0.25) is 9.59 Å². The fourth-order valence-corrected chi connectivity index (χ4v) is 3.58. The third kappa shape index (κ3) is 3.32. The van der Waals surface area contributed by atoms with Crippen LogP contribution in [0.3, 0.4) is 0 Å². The maximum atomic E-state index is 13.0. The highest BCUT2D eigenvalue weighted by molar-refractivity contribution is 5.91. The molecule has 20 heavy (non-hydrogen) atoms. The standard InChI is InChI=1S/C15H27N3O2/c1-12(19)17-15(8-4-3-5-9-15)14(20)18-10-6-7-13(11-18)16-2/h13,16H,3-11H2,1-2H3,(H,17,19). The number of rotatable bonds is 3. The summed E-state index contributed by atoms with van der Waals surface area (Å²) in [4.78, 5) is 26.4. The second kappa shape index (κ2) is 6.57. The molecule has 2 aliphatic rings. The van der Waals surface area contributed by atoms with Crippen LogP contribution in [0.15, 0.2) is 0 Å². The van der Waals surface area contributed by atoms with Crippen LogP contribution in [0, 0.1) is 0 Å². The molecule has 5 heteroatoms. The van der Waals surface area contributed by atoms with Crippen molar-refractivity contribution in [3.8, 4) is 0 Å². The molecule has 0 spiro atoms. The molecule has 0 aromatic heterocycles. The molecule has 114 valence electrons. The molecule has 5 nitrogen and oxygen atoms in total. The third-order valence-electron chi connectivity index (χ3n) is 4.65. The number of carbonyl (C=O) groups is 2. The first-order valence-electron chi connectivity index (χ1n) is 7.83. The maximum absolute atomic E-state index is 13.0. The van der Waals surface area contributed by atoms with Gasteiger partial charge in [-0.2, -0.15) is 0 Å². The van der Waals surface area contributed by atoms with E-state index in [0.717, 1.165) is 58.0 Å². The lowest BCUT2D eigenvalue weighted by Gasteiger charge is -2.42. The average molecular weight is 281 g/mol. The Kier molecular flexibility index (Phi) is 5.02. The summed E-state index contributed by atoms with van der Waals surface area (Å²) in [5.74, 6) is 0.0368. The fourth-order valence-electron chi connectivity index (χ4n) is 3.58. The van der Waals surface area contributed by atoms with E-state index in [1.807, 2.05) is 11.9 Å². The predicted molar refractivity (Wildman–Crippen MR) is 78.3 cm³/mol. The lowest BCUT2D eigenvalue weighted by atomic mass is 9.80. The summed E-state index contributed by atoms with van der Waals surface area (Å²) in [5.41, 5.74) is -0.639. The van der Waals surface area contributed by atoms with Crippen molar-refractivity contribution in [2.45, 2.75) is 63.5 Å². The molecule has 2 fully saturated rings. The number of hydrogen-bond acceptors (Lipinski definition) is 3. The van der Waals surface area contributed by atoms with Crippen molar-refractivity contribution in [3.05, 3.63) is 0 Å². The minimum Gasteiger partial charge on any atom is -0.342 e. The SMILES string of the molecule is CNC1CCCN(C(=O)C2(NC(C)=O)CCCCC2)C1. The maximum Gasteiger partial charge on any atom is 0.248 e. The second-order valence-corrected chi connectivity index (χ2v) is 6.20. The molecule has 1 atom stereocenters. The smallest absolute Gasteiger partial charge is 0.248 e. The Balaban J connectivity index is 2.11. The van der Waals surface area contributed by atoms with Crippen LogP contribution < -0.4 is 10.6 Å². The molecule has 1 saturated carbocycles. The average Bonchev–Trinajstić information content (AvgIpc) is 2.46. The van der Waals surface area contributed by atoms with Gasteiger partial charge in [0.25, 0.3) is 0 Å². The van der Waals surface area contributed by atoms with Crippen LogP contribution in [-0.4, -0.2) is 48.4 Å².